The number of likely N-dealkylation sites (N-methyl/N-ethyl adjacent to an activating group) is 1. The molecule has 2 fully saturated rings. The lowest BCUT2D eigenvalue weighted by Crippen LogP contribution is -2.34. The Morgan fingerprint density at radius 3 is 2.72 bits per heavy atom. The third kappa shape index (κ3) is 4.84. The van der Waals surface area contributed by atoms with E-state index in [4.69, 9.17) is 9.72 Å². The van der Waals surface area contributed by atoms with E-state index < -0.39 is 10.0 Å². The SMILES string of the molecule is CCCn1c(CCC(=O)N(C)CC2CCCO2)nc2cc(S(=O)(=O)N3CCCC3)ccc21. The Bertz CT molecular complexity index is 1050. The van der Waals surface area contributed by atoms with Crippen LogP contribution in [-0.2, 0) is 32.5 Å². The molecule has 1 unspecified atom stereocenters. The lowest BCUT2D eigenvalue weighted by Gasteiger charge is -2.20. The Hall–Kier alpha value is -1.97. The number of fused-ring (bicyclic) bond motifs is 1. The fourth-order valence-electron chi connectivity index (χ4n) is 4.67. The van der Waals surface area contributed by atoms with E-state index in [-0.39, 0.29) is 12.0 Å². The standard InChI is InChI=1S/C23H34N4O4S/c1-3-12-27-21-9-8-19(32(29,30)26-13-4-5-14-26)16-20(21)24-22(27)10-11-23(28)25(2)17-18-7-6-15-31-18/h8-9,16,18H,3-7,10-15,17H2,1-2H3. The summed E-state index contributed by atoms with van der Waals surface area (Å²) in [6.07, 6.45) is 5.85. The molecule has 4 rings (SSSR count). The van der Waals surface area contributed by atoms with Crippen molar-refractivity contribution in [2.24, 2.45) is 0 Å². The number of carbonyl (C=O) groups excluding carboxylic acids is 1. The number of sulfonamides is 1. The molecular formula is C23H34N4O4S. The molecule has 1 aromatic heterocycles. The summed E-state index contributed by atoms with van der Waals surface area (Å²) in [6.45, 7) is 5.45. The number of ether oxygens (including phenoxy) is 1. The van der Waals surface area contributed by atoms with Gasteiger partial charge in [-0.25, -0.2) is 13.4 Å². The van der Waals surface area contributed by atoms with Crippen molar-refractivity contribution in [3.63, 3.8) is 0 Å². The van der Waals surface area contributed by atoms with Crippen LogP contribution in [0.5, 0.6) is 0 Å². The molecule has 1 amide bonds. The number of hydrogen-bond donors (Lipinski definition) is 0. The fourth-order valence-corrected chi connectivity index (χ4v) is 6.20. The Morgan fingerprint density at radius 1 is 1.25 bits per heavy atom. The van der Waals surface area contributed by atoms with Crippen LogP contribution in [0.25, 0.3) is 11.0 Å². The van der Waals surface area contributed by atoms with E-state index in [0.717, 1.165) is 56.6 Å². The average Bonchev–Trinajstić information content (AvgIpc) is 3.54. The lowest BCUT2D eigenvalue weighted by atomic mass is 10.2. The first-order valence-corrected chi connectivity index (χ1v) is 13.2. The molecule has 8 nitrogen and oxygen atoms in total. The number of aromatic nitrogens is 2. The highest BCUT2D eigenvalue weighted by molar-refractivity contribution is 7.89. The fraction of sp³-hybridized carbons (Fsp3) is 0.652. The van der Waals surface area contributed by atoms with Crippen LogP contribution in [0, 0.1) is 0 Å². The van der Waals surface area contributed by atoms with Crippen molar-refractivity contribution in [2.75, 3.05) is 33.3 Å². The number of benzene rings is 1. The molecule has 2 aromatic rings. The second kappa shape index (κ2) is 9.89. The number of rotatable bonds is 9. The lowest BCUT2D eigenvalue weighted by molar-refractivity contribution is -0.131. The van der Waals surface area contributed by atoms with Crippen molar-refractivity contribution in [3.8, 4) is 0 Å². The number of imidazole rings is 1. The number of carbonyl (C=O) groups is 1. The third-order valence-electron chi connectivity index (χ3n) is 6.44. The van der Waals surface area contributed by atoms with E-state index in [1.165, 1.54) is 0 Å². The highest BCUT2D eigenvalue weighted by Crippen LogP contribution is 2.26. The highest BCUT2D eigenvalue weighted by atomic mass is 32.2. The van der Waals surface area contributed by atoms with Crippen molar-refractivity contribution in [2.45, 2.75) is 69.4 Å². The molecule has 0 radical (unpaired) electrons. The average molecular weight is 463 g/mol. The van der Waals surface area contributed by atoms with E-state index in [9.17, 15) is 13.2 Å². The van der Waals surface area contributed by atoms with Crippen LogP contribution in [0.4, 0.5) is 0 Å². The van der Waals surface area contributed by atoms with Crippen LogP contribution in [0.15, 0.2) is 23.1 Å². The second-order valence-electron chi connectivity index (χ2n) is 8.85. The van der Waals surface area contributed by atoms with Crippen LogP contribution in [0.2, 0.25) is 0 Å². The zero-order valence-corrected chi connectivity index (χ0v) is 19.9. The molecule has 0 saturated carbocycles. The van der Waals surface area contributed by atoms with Gasteiger partial charge in [0.2, 0.25) is 15.9 Å². The summed E-state index contributed by atoms with van der Waals surface area (Å²) in [4.78, 5) is 19.5. The molecule has 2 saturated heterocycles. The topological polar surface area (TPSA) is 84.7 Å². The van der Waals surface area contributed by atoms with Gasteiger partial charge in [-0.3, -0.25) is 4.79 Å². The first-order valence-electron chi connectivity index (χ1n) is 11.7. The molecule has 0 spiro atoms. The Balaban J connectivity index is 1.51. The number of hydrogen-bond acceptors (Lipinski definition) is 5. The number of aryl methyl sites for hydroxylation is 2. The molecule has 0 aliphatic carbocycles. The maximum absolute atomic E-state index is 13.0. The number of amides is 1. The van der Waals surface area contributed by atoms with Crippen LogP contribution in [0.1, 0.15) is 51.3 Å². The van der Waals surface area contributed by atoms with Crippen molar-refractivity contribution in [1.82, 2.24) is 18.8 Å². The van der Waals surface area contributed by atoms with E-state index in [1.807, 2.05) is 13.1 Å². The van der Waals surface area contributed by atoms with Gasteiger partial charge < -0.3 is 14.2 Å². The van der Waals surface area contributed by atoms with Gasteiger partial charge in [0.15, 0.2) is 0 Å². The van der Waals surface area contributed by atoms with Gasteiger partial charge in [-0.05, 0) is 50.3 Å². The quantitative estimate of drug-likeness (QED) is 0.572. The Labute approximate surface area is 190 Å². The molecule has 1 aromatic carbocycles. The predicted molar refractivity (Wildman–Crippen MR) is 123 cm³/mol. The normalized spacial score (nSPS) is 19.8. The molecule has 3 heterocycles. The monoisotopic (exact) mass is 462 g/mol. The van der Waals surface area contributed by atoms with Gasteiger partial charge in [-0.15, -0.1) is 0 Å². The Morgan fingerprint density at radius 2 is 2.03 bits per heavy atom. The van der Waals surface area contributed by atoms with Gasteiger partial charge in [-0.2, -0.15) is 4.31 Å². The molecule has 2 aliphatic rings. The third-order valence-corrected chi connectivity index (χ3v) is 8.33. The predicted octanol–water partition coefficient (Wildman–Crippen LogP) is 2.80. The van der Waals surface area contributed by atoms with Gasteiger partial charge in [-0.1, -0.05) is 6.92 Å². The molecule has 1 atom stereocenters. The molecular weight excluding hydrogens is 428 g/mol. The van der Waals surface area contributed by atoms with Gasteiger partial charge in [0.05, 0.1) is 22.0 Å². The summed E-state index contributed by atoms with van der Waals surface area (Å²) in [6, 6.07) is 5.23. The van der Waals surface area contributed by atoms with E-state index >= 15 is 0 Å². The van der Waals surface area contributed by atoms with Crippen LogP contribution < -0.4 is 0 Å². The van der Waals surface area contributed by atoms with Crippen LogP contribution in [0.3, 0.4) is 0 Å². The summed E-state index contributed by atoms with van der Waals surface area (Å²) in [5, 5.41) is 0. The van der Waals surface area contributed by atoms with Gasteiger partial charge in [0.1, 0.15) is 5.82 Å². The minimum Gasteiger partial charge on any atom is -0.376 e. The number of nitrogens with zero attached hydrogens (tertiary/aromatic N) is 4. The summed E-state index contributed by atoms with van der Waals surface area (Å²) < 4.78 is 35.2. The zero-order valence-electron chi connectivity index (χ0n) is 19.1. The van der Waals surface area contributed by atoms with Crippen molar-refractivity contribution in [3.05, 3.63) is 24.0 Å². The maximum atomic E-state index is 13.0. The van der Waals surface area contributed by atoms with Crippen LogP contribution in [-0.4, -0.2) is 72.5 Å². The van der Waals surface area contributed by atoms with Gasteiger partial charge in [0, 0.05) is 52.7 Å². The van der Waals surface area contributed by atoms with Gasteiger partial charge >= 0.3 is 0 Å². The second-order valence-corrected chi connectivity index (χ2v) is 10.8. The van der Waals surface area contributed by atoms with E-state index in [0.29, 0.717) is 42.9 Å². The summed E-state index contributed by atoms with van der Waals surface area (Å²) in [5.41, 5.74) is 1.59. The zero-order chi connectivity index (χ0) is 22.7. The van der Waals surface area contributed by atoms with E-state index in [1.54, 1.807) is 21.3 Å². The van der Waals surface area contributed by atoms with Gasteiger partial charge in [0.25, 0.3) is 0 Å². The van der Waals surface area contributed by atoms with Crippen molar-refractivity contribution >= 4 is 27.0 Å². The van der Waals surface area contributed by atoms with Crippen LogP contribution >= 0.6 is 0 Å². The molecule has 176 valence electrons. The summed E-state index contributed by atoms with van der Waals surface area (Å²) in [5.74, 6) is 0.907. The molecule has 32 heavy (non-hydrogen) atoms. The van der Waals surface area contributed by atoms with Crippen molar-refractivity contribution < 1.29 is 17.9 Å². The maximum Gasteiger partial charge on any atom is 0.243 e. The van der Waals surface area contributed by atoms with E-state index in [2.05, 4.69) is 11.5 Å². The van der Waals surface area contributed by atoms with Crippen molar-refractivity contribution in [1.29, 1.82) is 0 Å². The molecule has 0 bridgehead atoms. The highest BCUT2D eigenvalue weighted by Gasteiger charge is 2.28. The Kier molecular flexibility index (Phi) is 7.17. The molecule has 0 N–H and O–H groups in total. The first-order chi connectivity index (χ1) is 15.4. The summed E-state index contributed by atoms with van der Waals surface area (Å²) in [7, 11) is -1.66. The summed E-state index contributed by atoms with van der Waals surface area (Å²) >= 11 is 0. The first kappa shape index (κ1) is 23.2. The molecule has 9 heteroatoms. The largest absolute Gasteiger partial charge is 0.376 e. The minimum absolute atomic E-state index is 0.0768. The smallest absolute Gasteiger partial charge is 0.243 e. The minimum atomic E-state index is -3.48. The molecule has 2 aliphatic heterocycles.